The number of hydrogen-bond donors (Lipinski definition) is 2. The average Bonchev–Trinajstić information content (AvgIpc) is 2.72. The molecule has 0 aliphatic carbocycles. The van der Waals surface area contributed by atoms with Crippen molar-refractivity contribution in [3.8, 4) is 0 Å². The lowest BCUT2D eigenvalue weighted by Gasteiger charge is -2.25. The summed E-state index contributed by atoms with van der Waals surface area (Å²) in [6.45, 7) is 6.37. The summed E-state index contributed by atoms with van der Waals surface area (Å²) in [5, 5.41) is 4.09. The van der Waals surface area contributed by atoms with Crippen LogP contribution in [-0.2, 0) is 21.0 Å². The third-order valence-electron chi connectivity index (χ3n) is 5.06. The van der Waals surface area contributed by atoms with Gasteiger partial charge in [-0.05, 0) is 60.2 Å². The highest BCUT2D eigenvalue weighted by Gasteiger charge is 2.19. The number of thioether (sulfide) groups is 1. The van der Waals surface area contributed by atoms with Gasteiger partial charge in [-0.1, -0.05) is 68.3 Å². The molecule has 30 heavy (non-hydrogen) atoms. The Bertz CT molecular complexity index is 789. The largest absolute Gasteiger partial charge is 0.326 e. The fourth-order valence-corrected chi connectivity index (χ4v) is 4.86. The minimum absolute atomic E-state index is 0.209. The van der Waals surface area contributed by atoms with Crippen LogP contribution in [0.1, 0.15) is 50.7 Å². The Labute approximate surface area is 190 Å². The Kier molecular flexibility index (Phi) is 11.5. The maximum atomic E-state index is 10.5. The summed E-state index contributed by atoms with van der Waals surface area (Å²) in [5.41, 5.74) is 2.74. The summed E-state index contributed by atoms with van der Waals surface area (Å²) in [6, 6.07) is 16.9. The summed E-state index contributed by atoms with van der Waals surface area (Å²) >= 11 is 8.28. The minimum atomic E-state index is -2.81. The molecule has 1 unspecified atom stereocenters. The third-order valence-corrected chi connectivity index (χ3v) is 7.09. The maximum absolute atomic E-state index is 10.5. The Morgan fingerprint density at radius 1 is 1.13 bits per heavy atom. The van der Waals surface area contributed by atoms with Gasteiger partial charge in [0.1, 0.15) is 0 Å². The number of halogens is 1. The van der Waals surface area contributed by atoms with Crippen LogP contribution < -0.4 is 5.32 Å². The van der Waals surface area contributed by atoms with Gasteiger partial charge in [0, 0.05) is 11.4 Å². The molecule has 2 rings (SSSR count). The van der Waals surface area contributed by atoms with Gasteiger partial charge in [0.25, 0.3) is 0 Å². The normalized spacial score (nSPS) is 12.8. The fraction of sp³-hybridized carbons (Fsp3) is 0.478. The maximum Gasteiger partial charge on any atom is 0.316 e. The molecule has 0 spiro atoms. The summed E-state index contributed by atoms with van der Waals surface area (Å²) in [4.78, 5) is 9.73. The zero-order chi connectivity index (χ0) is 21.8. The van der Waals surface area contributed by atoms with Crippen LogP contribution >= 0.6 is 31.6 Å². The van der Waals surface area contributed by atoms with Crippen molar-refractivity contribution in [1.29, 1.82) is 0 Å². The van der Waals surface area contributed by atoms with Gasteiger partial charge in [-0.3, -0.25) is 4.57 Å². The van der Waals surface area contributed by atoms with Crippen LogP contribution in [0.25, 0.3) is 0 Å². The molecule has 0 bridgehead atoms. The third kappa shape index (κ3) is 9.55. The molecular weight excluding hydrogens is 437 g/mol. The van der Waals surface area contributed by atoms with Gasteiger partial charge in [0.05, 0.1) is 11.6 Å². The van der Waals surface area contributed by atoms with E-state index in [9.17, 15) is 4.57 Å². The molecule has 1 atom stereocenters. The van der Waals surface area contributed by atoms with Crippen molar-refractivity contribution in [2.45, 2.75) is 56.4 Å². The Morgan fingerprint density at radius 2 is 1.90 bits per heavy atom. The van der Waals surface area contributed by atoms with Crippen LogP contribution in [0.15, 0.2) is 53.4 Å². The molecule has 7 heteroatoms. The van der Waals surface area contributed by atoms with E-state index >= 15 is 0 Å². The zero-order valence-corrected chi connectivity index (χ0v) is 20.4. The molecule has 2 N–H and O–H groups in total. The highest BCUT2D eigenvalue weighted by molar-refractivity contribution is 7.99. The van der Waals surface area contributed by atoms with E-state index in [1.807, 2.05) is 17.8 Å². The van der Waals surface area contributed by atoms with E-state index in [1.165, 1.54) is 24.8 Å². The molecule has 0 aromatic heterocycles. The number of rotatable bonds is 14. The SMILES string of the molecule is CC(C)(CCCCSc1ccc(CNCCCO[PH](=O)O)cc1Cl)c1ccccc1. The topological polar surface area (TPSA) is 58.6 Å². The van der Waals surface area contributed by atoms with Gasteiger partial charge in [0.15, 0.2) is 0 Å². The predicted octanol–water partition coefficient (Wildman–Crippen LogP) is 6.46. The summed E-state index contributed by atoms with van der Waals surface area (Å²) in [7, 11) is -2.81. The van der Waals surface area contributed by atoms with Crippen molar-refractivity contribution in [2.75, 3.05) is 18.9 Å². The van der Waals surface area contributed by atoms with Crippen molar-refractivity contribution < 1.29 is 14.0 Å². The smallest absolute Gasteiger partial charge is 0.316 e. The molecule has 0 aliphatic rings. The van der Waals surface area contributed by atoms with Gasteiger partial charge >= 0.3 is 8.25 Å². The molecular formula is C23H33ClNO3PS. The molecule has 0 amide bonds. The summed E-state index contributed by atoms with van der Waals surface area (Å²) in [6.07, 6.45) is 4.24. The molecule has 0 aliphatic heterocycles. The van der Waals surface area contributed by atoms with Crippen LogP contribution in [0, 0.1) is 0 Å². The van der Waals surface area contributed by atoms with Crippen LogP contribution in [-0.4, -0.2) is 23.8 Å². The molecule has 0 fully saturated rings. The first kappa shape index (κ1) is 25.5. The van der Waals surface area contributed by atoms with Crippen molar-refractivity contribution in [3.63, 3.8) is 0 Å². The standard InChI is InChI=1S/C23H33ClNO3PS/c1-23(2,20-9-4-3-5-10-20)13-6-7-16-30-22-12-11-19(17-21(22)24)18-25-14-8-15-28-29(26)27/h3-5,9-12,17,25,29H,6-8,13-16,18H2,1-2H3,(H,26,27). The van der Waals surface area contributed by atoms with Crippen LogP contribution in [0.3, 0.4) is 0 Å². The lowest BCUT2D eigenvalue weighted by Crippen LogP contribution is -2.16. The summed E-state index contributed by atoms with van der Waals surface area (Å²) in [5.74, 6) is 1.07. The highest BCUT2D eigenvalue weighted by atomic mass is 35.5. The highest BCUT2D eigenvalue weighted by Crippen LogP contribution is 2.31. The van der Waals surface area contributed by atoms with E-state index < -0.39 is 8.25 Å². The van der Waals surface area contributed by atoms with Crippen molar-refractivity contribution in [2.24, 2.45) is 0 Å². The predicted molar refractivity (Wildman–Crippen MR) is 129 cm³/mol. The van der Waals surface area contributed by atoms with Crippen LogP contribution in [0.5, 0.6) is 0 Å². The fourth-order valence-electron chi connectivity index (χ4n) is 3.25. The van der Waals surface area contributed by atoms with Gasteiger partial charge < -0.3 is 14.7 Å². The Hall–Kier alpha value is -0.810. The molecule has 0 saturated heterocycles. The van der Waals surface area contributed by atoms with E-state index in [-0.39, 0.29) is 5.41 Å². The number of unbranched alkanes of at least 4 members (excludes halogenated alkanes) is 1. The molecule has 2 aromatic rings. The number of hydrogen-bond acceptors (Lipinski definition) is 4. The molecule has 0 heterocycles. The van der Waals surface area contributed by atoms with Gasteiger partial charge in [-0.2, -0.15) is 0 Å². The average molecular weight is 470 g/mol. The van der Waals surface area contributed by atoms with Crippen molar-refractivity contribution in [3.05, 3.63) is 64.7 Å². The molecule has 166 valence electrons. The molecule has 4 nitrogen and oxygen atoms in total. The molecule has 2 aromatic carbocycles. The van der Waals surface area contributed by atoms with Gasteiger partial charge in [0.2, 0.25) is 0 Å². The molecule has 0 saturated carbocycles. The monoisotopic (exact) mass is 469 g/mol. The second kappa shape index (κ2) is 13.6. The van der Waals surface area contributed by atoms with Crippen LogP contribution in [0.4, 0.5) is 0 Å². The zero-order valence-electron chi connectivity index (χ0n) is 17.8. The van der Waals surface area contributed by atoms with E-state index in [1.54, 1.807) is 0 Å². The Balaban J connectivity index is 1.65. The van der Waals surface area contributed by atoms with E-state index in [4.69, 9.17) is 16.5 Å². The first-order valence-electron chi connectivity index (χ1n) is 10.4. The second-order valence-electron chi connectivity index (χ2n) is 7.96. The van der Waals surface area contributed by atoms with E-state index in [2.05, 4.69) is 66.2 Å². The van der Waals surface area contributed by atoms with Crippen molar-refractivity contribution in [1.82, 2.24) is 5.32 Å². The number of benzene rings is 2. The lowest BCUT2D eigenvalue weighted by molar-refractivity contribution is 0.276. The summed E-state index contributed by atoms with van der Waals surface area (Å²) < 4.78 is 15.1. The van der Waals surface area contributed by atoms with E-state index in [0.717, 1.165) is 27.8 Å². The Morgan fingerprint density at radius 3 is 2.60 bits per heavy atom. The van der Waals surface area contributed by atoms with E-state index in [0.29, 0.717) is 19.6 Å². The number of nitrogens with one attached hydrogen (secondary N) is 1. The minimum Gasteiger partial charge on any atom is -0.326 e. The second-order valence-corrected chi connectivity index (χ2v) is 10.3. The lowest BCUT2D eigenvalue weighted by atomic mass is 9.80. The first-order valence-corrected chi connectivity index (χ1v) is 13.0. The first-order chi connectivity index (χ1) is 14.4. The molecule has 0 radical (unpaired) electrons. The van der Waals surface area contributed by atoms with Gasteiger partial charge in [-0.15, -0.1) is 11.8 Å². The van der Waals surface area contributed by atoms with Gasteiger partial charge in [-0.25, -0.2) is 0 Å². The quantitative estimate of drug-likeness (QED) is 0.189. The van der Waals surface area contributed by atoms with Crippen LogP contribution in [0.2, 0.25) is 5.02 Å². The van der Waals surface area contributed by atoms with Crippen molar-refractivity contribution >= 4 is 31.6 Å².